The lowest BCUT2D eigenvalue weighted by Crippen LogP contribution is -2.39. The number of ether oxygens (including phenoxy) is 1. The summed E-state index contributed by atoms with van der Waals surface area (Å²) >= 11 is 0. The van der Waals surface area contributed by atoms with Crippen molar-refractivity contribution in [3.05, 3.63) is 29.6 Å². The van der Waals surface area contributed by atoms with Crippen LogP contribution in [0.1, 0.15) is 28.9 Å². The summed E-state index contributed by atoms with van der Waals surface area (Å²) in [5.41, 5.74) is 7.32. The highest BCUT2D eigenvalue weighted by Crippen LogP contribution is 2.11. The van der Waals surface area contributed by atoms with Gasteiger partial charge in [-0.05, 0) is 25.0 Å². The van der Waals surface area contributed by atoms with E-state index in [0.717, 1.165) is 38.2 Å². The maximum Gasteiger partial charge on any atom is 0.339 e. The van der Waals surface area contributed by atoms with Crippen LogP contribution in [-0.2, 0) is 11.3 Å². The Labute approximate surface area is 107 Å². The summed E-state index contributed by atoms with van der Waals surface area (Å²) in [5.74, 6) is -0.349. The molecule has 1 fully saturated rings. The molecular weight excluding hydrogens is 230 g/mol. The van der Waals surface area contributed by atoms with Gasteiger partial charge in [0.25, 0.3) is 0 Å². The van der Waals surface area contributed by atoms with Crippen molar-refractivity contribution in [2.45, 2.75) is 25.4 Å². The third-order valence-electron chi connectivity index (χ3n) is 3.26. The number of carbonyl (C=O) groups is 1. The van der Waals surface area contributed by atoms with E-state index < -0.39 is 0 Å². The molecule has 1 aliphatic rings. The predicted molar refractivity (Wildman–Crippen MR) is 68.1 cm³/mol. The largest absolute Gasteiger partial charge is 0.465 e. The van der Waals surface area contributed by atoms with Gasteiger partial charge in [-0.15, -0.1) is 0 Å². The lowest BCUT2D eigenvalue weighted by molar-refractivity contribution is 0.0600. The molecule has 0 atom stereocenters. The monoisotopic (exact) mass is 249 g/mol. The van der Waals surface area contributed by atoms with Crippen molar-refractivity contribution < 1.29 is 9.53 Å². The molecule has 0 spiro atoms. The van der Waals surface area contributed by atoms with Gasteiger partial charge in [0, 0.05) is 31.9 Å². The van der Waals surface area contributed by atoms with Crippen molar-refractivity contribution >= 4 is 5.97 Å². The van der Waals surface area contributed by atoms with Crippen LogP contribution in [0.5, 0.6) is 0 Å². The third-order valence-corrected chi connectivity index (χ3v) is 3.26. The van der Waals surface area contributed by atoms with E-state index in [2.05, 4.69) is 14.6 Å². The number of carbonyl (C=O) groups excluding carboxylic acids is 1. The number of nitrogens with zero attached hydrogens (tertiary/aromatic N) is 2. The van der Waals surface area contributed by atoms with E-state index in [0.29, 0.717) is 11.6 Å². The molecule has 1 aromatic rings. The lowest BCUT2D eigenvalue weighted by Gasteiger charge is -2.29. The summed E-state index contributed by atoms with van der Waals surface area (Å²) < 4.78 is 4.63. The predicted octanol–water partition coefficient (Wildman–Crippen LogP) is 0.791. The summed E-state index contributed by atoms with van der Waals surface area (Å²) in [6.45, 7) is 2.84. The average Bonchev–Trinajstić information content (AvgIpc) is 2.41. The maximum absolute atomic E-state index is 11.3. The molecule has 2 heterocycles. The third kappa shape index (κ3) is 3.27. The highest BCUT2D eigenvalue weighted by Gasteiger charge is 2.16. The quantitative estimate of drug-likeness (QED) is 0.802. The minimum atomic E-state index is -0.349. The molecule has 98 valence electrons. The van der Waals surface area contributed by atoms with E-state index in [9.17, 15) is 4.79 Å². The van der Waals surface area contributed by atoms with E-state index in [1.165, 1.54) is 7.11 Å². The van der Waals surface area contributed by atoms with Gasteiger partial charge in [-0.3, -0.25) is 9.88 Å². The van der Waals surface area contributed by atoms with Crippen molar-refractivity contribution in [1.29, 1.82) is 0 Å². The Morgan fingerprint density at radius 1 is 1.50 bits per heavy atom. The molecule has 2 rings (SSSR count). The van der Waals surface area contributed by atoms with Gasteiger partial charge in [0.05, 0.1) is 18.4 Å². The van der Waals surface area contributed by atoms with Gasteiger partial charge in [-0.2, -0.15) is 0 Å². The first-order valence-corrected chi connectivity index (χ1v) is 6.20. The first kappa shape index (κ1) is 13.0. The minimum Gasteiger partial charge on any atom is -0.465 e. The minimum absolute atomic E-state index is 0.343. The van der Waals surface area contributed by atoms with Crippen LogP contribution in [0.25, 0.3) is 0 Å². The zero-order valence-electron chi connectivity index (χ0n) is 10.6. The van der Waals surface area contributed by atoms with Crippen molar-refractivity contribution in [2.24, 2.45) is 5.73 Å². The van der Waals surface area contributed by atoms with Gasteiger partial charge in [0.15, 0.2) is 0 Å². The van der Waals surface area contributed by atoms with E-state index >= 15 is 0 Å². The summed E-state index contributed by atoms with van der Waals surface area (Å²) in [4.78, 5) is 17.9. The van der Waals surface area contributed by atoms with E-state index in [-0.39, 0.29) is 5.97 Å². The van der Waals surface area contributed by atoms with Gasteiger partial charge in [0.1, 0.15) is 0 Å². The van der Waals surface area contributed by atoms with E-state index in [1.807, 2.05) is 6.07 Å². The standard InChI is InChI=1S/C13H19N3O2/c1-18-13(17)10-2-3-12(15-8-10)9-16-6-4-11(14)5-7-16/h2-3,8,11H,4-7,9,14H2,1H3. The molecule has 5 nitrogen and oxygen atoms in total. The molecule has 0 radical (unpaired) electrons. The van der Waals surface area contributed by atoms with Gasteiger partial charge >= 0.3 is 5.97 Å². The number of methoxy groups -OCH3 is 1. The molecule has 1 aromatic heterocycles. The summed E-state index contributed by atoms with van der Waals surface area (Å²) in [7, 11) is 1.37. The van der Waals surface area contributed by atoms with Gasteiger partial charge in [0.2, 0.25) is 0 Å². The molecule has 1 saturated heterocycles. The topological polar surface area (TPSA) is 68.5 Å². The zero-order chi connectivity index (χ0) is 13.0. The number of nitrogens with two attached hydrogens (primary N) is 1. The number of aromatic nitrogens is 1. The molecular formula is C13H19N3O2. The Bertz CT molecular complexity index is 397. The molecule has 0 amide bonds. The van der Waals surface area contributed by atoms with Crippen LogP contribution in [-0.4, -0.2) is 42.1 Å². The van der Waals surface area contributed by atoms with E-state index in [1.54, 1.807) is 12.3 Å². The number of hydrogen-bond acceptors (Lipinski definition) is 5. The van der Waals surface area contributed by atoms with Crippen molar-refractivity contribution in [3.8, 4) is 0 Å². The first-order chi connectivity index (χ1) is 8.69. The average molecular weight is 249 g/mol. The number of hydrogen-bond donors (Lipinski definition) is 1. The highest BCUT2D eigenvalue weighted by molar-refractivity contribution is 5.88. The normalized spacial score (nSPS) is 17.7. The van der Waals surface area contributed by atoms with Crippen LogP contribution >= 0.6 is 0 Å². The Morgan fingerprint density at radius 2 is 2.22 bits per heavy atom. The Hall–Kier alpha value is -1.46. The van der Waals surface area contributed by atoms with Crippen LogP contribution in [0.2, 0.25) is 0 Å². The summed E-state index contributed by atoms with van der Waals surface area (Å²) in [6, 6.07) is 3.97. The first-order valence-electron chi connectivity index (χ1n) is 6.20. The van der Waals surface area contributed by atoms with Crippen LogP contribution < -0.4 is 5.73 Å². The van der Waals surface area contributed by atoms with Gasteiger partial charge in [-0.1, -0.05) is 0 Å². The number of pyridine rings is 1. The molecule has 2 N–H and O–H groups in total. The lowest BCUT2D eigenvalue weighted by atomic mass is 10.1. The Kier molecular flexibility index (Phi) is 4.28. The van der Waals surface area contributed by atoms with Crippen LogP contribution in [0.15, 0.2) is 18.3 Å². The Balaban J connectivity index is 1.92. The van der Waals surface area contributed by atoms with E-state index in [4.69, 9.17) is 5.73 Å². The van der Waals surface area contributed by atoms with Crippen LogP contribution in [0, 0.1) is 0 Å². The summed E-state index contributed by atoms with van der Waals surface area (Å²) in [6.07, 6.45) is 3.65. The van der Waals surface area contributed by atoms with Gasteiger partial charge in [-0.25, -0.2) is 4.79 Å². The van der Waals surface area contributed by atoms with Gasteiger partial charge < -0.3 is 10.5 Å². The number of likely N-dealkylation sites (tertiary alicyclic amines) is 1. The van der Waals surface area contributed by atoms with Crippen molar-refractivity contribution in [1.82, 2.24) is 9.88 Å². The number of rotatable bonds is 3. The number of esters is 1. The van der Waals surface area contributed by atoms with Crippen LogP contribution in [0.3, 0.4) is 0 Å². The molecule has 0 aliphatic carbocycles. The second-order valence-corrected chi connectivity index (χ2v) is 4.64. The molecule has 5 heteroatoms. The molecule has 1 aliphatic heterocycles. The second-order valence-electron chi connectivity index (χ2n) is 4.64. The second kappa shape index (κ2) is 5.93. The zero-order valence-corrected chi connectivity index (χ0v) is 10.6. The Morgan fingerprint density at radius 3 is 2.78 bits per heavy atom. The SMILES string of the molecule is COC(=O)c1ccc(CN2CCC(N)CC2)nc1. The highest BCUT2D eigenvalue weighted by atomic mass is 16.5. The molecule has 0 bridgehead atoms. The fraction of sp³-hybridized carbons (Fsp3) is 0.538. The maximum atomic E-state index is 11.3. The van der Waals surface area contributed by atoms with Crippen molar-refractivity contribution in [2.75, 3.05) is 20.2 Å². The molecule has 18 heavy (non-hydrogen) atoms. The molecule has 0 saturated carbocycles. The summed E-state index contributed by atoms with van der Waals surface area (Å²) in [5, 5.41) is 0. The molecule has 0 unspecified atom stereocenters. The molecule has 0 aromatic carbocycles. The number of piperidine rings is 1. The smallest absolute Gasteiger partial charge is 0.339 e. The van der Waals surface area contributed by atoms with Crippen molar-refractivity contribution in [3.63, 3.8) is 0 Å². The van der Waals surface area contributed by atoms with Crippen LogP contribution in [0.4, 0.5) is 0 Å². The fourth-order valence-corrected chi connectivity index (χ4v) is 2.10. The fourth-order valence-electron chi connectivity index (χ4n) is 2.10.